The number of halogens is 3. The van der Waals surface area contributed by atoms with Crippen molar-refractivity contribution in [2.24, 2.45) is 0 Å². The molecule has 0 aliphatic heterocycles. The number of hydrogen-bond donors (Lipinski definition) is 1. The van der Waals surface area contributed by atoms with Gasteiger partial charge in [0.25, 0.3) is 5.69 Å². The third-order valence-corrected chi connectivity index (χ3v) is 4.02. The second-order valence-electron chi connectivity index (χ2n) is 4.83. The van der Waals surface area contributed by atoms with Gasteiger partial charge in [0, 0.05) is 23.1 Å². The molecule has 0 unspecified atom stereocenters. The number of amides is 1. The zero-order valence-corrected chi connectivity index (χ0v) is 13.9. The highest BCUT2D eigenvalue weighted by molar-refractivity contribution is 7.15. The monoisotopic (exact) mass is 388 g/mol. The minimum absolute atomic E-state index is 0.0459. The molecule has 138 valence electrons. The molecule has 0 fully saturated rings. The van der Waals surface area contributed by atoms with Gasteiger partial charge in [0.15, 0.2) is 0 Å². The fraction of sp³-hybridized carbons (Fsp3) is 0.200. The molecule has 2 rings (SSSR count). The van der Waals surface area contributed by atoms with Gasteiger partial charge in [-0.25, -0.2) is 4.79 Å². The average Bonchev–Trinajstić information content (AvgIpc) is 2.98. The molecule has 1 amide bonds. The molecule has 2 aromatic rings. The minimum Gasteiger partial charge on any atom is -0.462 e. The number of carbonyl (C=O) groups excluding carboxylic acids is 2. The number of esters is 1. The number of nitrogens with zero attached hydrogens (tertiary/aromatic N) is 1. The Bertz CT molecular complexity index is 863. The van der Waals surface area contributed by atoms with Crippen LogP contribution in [0.4, 0.5) is 23.9 Å². The van der Waals surface area contributed by atoms with Crippen LogP contribution in [0.1, 0.15) is 17.3 Å². The molecule has 1 aromatic heterocycles. The van der Waals surface area contributed by atoms with E-state index in [1.54, 1.807) is 5.32 Å². The van der Waals surface area contributed by atoms with E-state index in [1.165, 1.54) is 36.6 Å². The van der Waals surface area contributed by atoms with Crippen LogP contribution < -0.4 is 5.32 Å². The van der Waals surface area contributed by atoms with Crippen LogP contribution in [0.15, 0.2) is 29.6 Å². The van der Waals surface area contributed by atoms with Crippen molar-refractivity contribution in [3.05, 3.63) is 45.3 Å². The van der Waals surface area contributed by atoms with Gasteiger partial charge in [0.1, 0.15) is 10.6 Å². The largest absolute Gasteiger partial charge is 0.471 e. The summed E-state index contributed by atoms with van der Waals surface area (Å²) < 4.78 is 42.3. The lowest BCUT2D eigenvalue weighted by molar-refractivity contribution is -0.384. The van der Waals surface area contributed by atoms with E-state index in [0.29, 0.717) is 11.3 Å². The van der Waals surface area contributed by atoms with E-state index in [4.69, 9.17) is 4.74 Å². The lowest BCUT2D eigenvalue weighted by atomic mass is 10.0. The van der Waals surface area contributed by atoms with Gasteiger partial charge in [-0.15, -0.1) is 11.3 Å². The predicted molar refractivity (Wildman–Crippen MR) is 87.1 cm³/mol. The van der Waals surface area contributed by atoms with E-state index in [9.17, 15) is 32.9 Å². The molecule has 11 heteroatoms. The first-order valence-corrected chi connectivity index (χ1v) is 7.94. The summed E-state index contributed by atoms with van der Waals surface area (Å²) in [6.45, 7) is 1.46. The van der Waals surface area contributed by atoms with Crippen molar-refractivity contribution >= 4 is 33.9 Å². The van der Waals surface area contributed by atoms with E-state index in [2.05, 4.69) is 0 Å². The van der Waals surface area contributed by atoms with Gasteiger partial charge in [-0.1, -0.05) is 12.1 Å². The van der Waals surface area contributed by atoms with Gasteiger partial charge < -0.3 is 10.1 Å². The topological polar surface area (TPSA) is 98.5 Å². The molecule has 1 aromatic carbocycles. The number of hydrogen-bond acceptors (Lipinski definition) is 6. The van der Waals surface area contributed by atoms with Crippen LogP contribution >= 0.6 is 11.3 Å². The smallest absolute Gasteiger partial charge is 0.462 e. The second-order valence-corrected chi connectivity index (χ2v) is 5.71. The summed E-state index contributed by atoms with van der Waals surface area (Å²) in [6, 6.07) is 5.22. The minimum atomic E-state index is -5.14. The summed E-state index contributed by atoms with van der Waals surface area (Å²) in [5.41, 5.74) is -0.208. The molecular weight excluding hydrogens is 377 g/mol. The van der Waals surface area contributed by atoms with E-state index >= 15 is 0 Å². The lowest BCUT2D eigenvalue weighted by Crippen LogP contribution is -2.30. The van der Waals surface area contributed by atoms with Crippen molar-refractivity contribution in [1.29, 1.82) is 0 Å². The van der Waals surface area contributed by atoms with Crippen molar-refractivity contribution < 1.29 is 32.4 Å². The number of carbonyl (C=O) groups is 2. The second kappa shape index (κ2) is 7.52. The van der Waals surface area contributed by atoms with E-state index in [1.807, 2.05) is 0 Å². The third-order valence-electron chi connectivity index (χ3n) is 3.12. The van der Waals surface area contributed by atoms with Crippen LogP contribution in [0.25, 0.3) is 11.1 Å². The Morgan fingerprint density at radius 3 is 2.62 bits per heavy atom. The van der Waals surface area contributed by atoms with Crippen LogP contribution in [-0.4, -0.2) is 29.6 Å². The third kappa shape index (κ3) is 4.17. The van der Waals surface area contributed by atoms with E-state index in [0.717, 1.165) is 0 Å². The number of nitrogens with one attached hydrogen (secondary N) is 1. The van der Waals surface area contributed by atoms with E-state index in [-0.39, 0.29) is 34.0 Å². The van der Waals surface area contributed by atoms with Crippen molar-refractivity contribution in [3.8, 4) is 11.1 Å². The normalized spacial score (nSPS) is 11.1. The number of alkyl halides is 3. The Labute approximate surface area is 148 Å². The summed E-state index contributed by atoms with van der Waals surface area (Å²) in [4.78, 5) is 33.6. The van der Waals surface area contributed by atoms with Crippen LogP contribution in [0.5, 0.6) is 0 Å². The first-order valence-electron chi connectivity index (χ1n) is 7.06. The standard InChI is InChI=1S/C15H11F3N2O5S/c1-2-25-13(21)11-10(8-4-3-5-9(6-8)20(23)24)7-26-12(11)19-14(22)15(16,17)18/h3-7H,2H2,1H3,(H,19,22). The first-order chi connectivity index (χ1) is 12.1. The van der Waals surface area contributed by atoms with Crippen LogP contribution in [0, 0.1) is 10.1 Å². The Kier molecular flexibility index (Phi) is 5.60. The van der Waals surface area contributed by atoms with Crippen LogP contribution in [0.2, 0.25) is 0 Å². The zero-order chi connectivity index (χ0) is 19.5. The van der Waals surface area contributed by atoms with Crippen molar-refractivity contribution in [2.75, 3.05) is 11.9 Å². The Morgan fingerprint density at radius 2 is 2.04 bits per heavy atom. The molecule has 7 nitrogen and oxygen atoms in total. The first kappa shape index (κ1) is 19.4. The summed E-state index contributed by atoms with van der Waals surface area (Å²) in [7, 11) is 0. The van der Waals surface area contributed by atoms with Gasteiger partial charge in [-0.05, 0) is 12.5 Å². The number of nitro benzene ring substituents is 1. The number of nitro groups is 1. The van der Waals surface area contributed by atoms with Crippen molar-refractivity contribution in [3.63, 3.8) is 0 Å². The lowest BCUT2D eigenvalue weighted by Gasteiger charge is -2.10. The maximum atomic E-state index is 12.5. The van der Waals surface area contributed by atoms with Gasteiger partial charge in [-0.3, -0.25) is 14.9 Å². The predicted octanol–water partition coefficient (Wildman–Crippen LogP) is 4.00. The molecule has 0 spiro atoms. The molecule has 0 saturated carbocycles. The average molecular weight is 388 g/mol. The summed E-state index contributed by atoms with van der Waals surface area (Å²) in [5.74, 6) is -3.19. The number of benzene rings is 1. The zero-order valence-electron chi connectivity index (χ0n) is 13.1. The highest BCUT2D eigenvalue weighted by Crippen LogP contribution is 2.38. The van der Waals surface area contributed by atoms with Crippen LogP contribution in [0.3, 0.4) is 0 Å². The Balaban J connectivity index is 2.53. The molecule has 1 heterocycles. The van der Waals surface area contributed by atoms with Gasteiger partial charge >= 0.3 is 18.1 Å². The highest BCUT2D eigenvalue weighted by atomic mass is 32.1. The van der Waals surface area contributed by atoms with Gasteiger partial charge in [0.2, 0.25) is 0 Å². The number of non-ortho nitro benzene ring substituents is 1. The summed E-state index contributed by atoms with van der Waals surface area (Å²) >= 11 is 0.681. The molecule has 0 saturated heterocycles. The maximum Gasteiger partial charge on any atom is 0.471 e. The summed E-state index contributed by atoms with van der Waals surface area (Å²) in [5, 5.41) is 13.5. The van der Waals surface area contributed by atoms with Crippen molar-refractivity contribution in [1.82, 2.24) is 0 Å². The SMILES string of the molecule is CCOC(=O)c1c(-c2cccc([N+](=O)[O-])c2)csc1NC(=O)C(F)(F)F. The molecular formula is C15H11F3N2O5S. The molecule has 26 heavy (non-hydrogen) atoms. The van der Waals surface area contributed by atoms with Crippen LogP contribution in [-0.2, 0) is 9.53 Å². The number of anilines is 1. The molecule has 1 N–H and O–H groups in total. The fourth-order valence-corrected chi connectivity index (χ4v) is 2.98. The van der Waals surface area contributed by atoms with E-state index < -0.39 is 23.0 Å². The molecule has 0 aliphatic carbocycles. The summed E-state index contributed by atoms with van der Waals surface area (Å²) in [6.07, 6.45) is -5.14. The number of thiophene rings is 1. The maximum absolute atomic E-state index is 12.5. The quantitative estimate of drug-likeness (QED) is 0.474. The fourth-order valence-electron chi connectivity index (χ4n) is 2.03. The number of rotatable bonds is 5. The Morgan fingerprint density at radius 1 is 1.35 bits per heavy atom. The number of ether oxygens (including phenoxy) is 1. The highest BCUT2D eigenvalue weighted by Gasteiger charge is 2.40. The molecule has 0 aliphatic rings. The molecule has 0 radical (unpaired) electrons. The van der Waals surface area contributed by atoms with Gasteiger partial charge in [-0.2, -0.15) is 13.2 Å². The molecule has 0 bridgehead atoms. The molecule has 0 atom stereocenters. The Hall–Kier alpha value is -2.95. The van der Waals surface area contributed by atoms with Gasteiger partial charge in [0.05, 0.1) is 11.5 Å². The van der Waals surface area contributed by atoms with Crippen molar-refractivity contribution in [2.45, 2.75) is 13.1 Å².